The molecular formula is C19H23N3O2S. The Morgan fingerprint density at radius 1 is 1.04 bits per heavy atom. The first-order chi connectivity index (χ1) is 12.0. The van der Waals surface area contributed by atoms with Gasteiger partial charge in [-0.15, -0.1) is 11.3 Å². The molecule has 0 saturated carbocycles. The fourth-order valence-electron chi connectivity index (χ4n) is 2.85. The van der Waals surface area contributed by atoms with Crippen LogP contribution in [-0.4, -0.2) is 30.7 Å². The third-order valence-electron chi connectivity index (χ3n) is 4.29. The van der Waals surface area contributed by atoms with Crippen LogP contribution in [0.4, 0.5) is 5.82 Å². The predicted octanol–water partition coefficient (Wildman–Crippen LogP) is 4.29. The third kappa shape index (κ3) is 3.54. The van der Waals surface area contributed by atoms with Crippen LogP contribution in [-0.2, 0) is 6.42 Å². The molecule has 0 bridgehead atoms. The summed E-state index contributed by atoms with van der Waals surface area (Å²) in [5.74, 6) is 3.22. The highest BCUT2D eigenvalue weighted by atomic mass is 32.1. The summed E-state index contributed by atoms with van der Waals surface area (Å²) in [6.45, 7) is 6.98. The van der Waals surface area contributed by atoms with Crippen LogP contribution in [0.15, 0.2) is 18.2 Å². The average molecular weight is 357 g/mol. The second-order valence-electron chi connectivity index (χ2n) is 5.95. The third-order valence-corrected chi connectivity index (χ3v) is 5.40. The molecule has 6 heteroatoms. The number of aromatic nitrogens is 2. The van der Waals surface area contributed by atoms with Crippen molar-refractivity contribution in [2.75, 3.05) is 26.1 Å². The van der Waals surface area contributed by atoms with Gasteiger partial charge in [-0.05, 0) is 50.5 Å². The second kappa shape index (κ2) is 7.27. The van der Waals surface area contributed by atoms with E-state index in [2.05, 4.69) is 35.2 Å². The Morgan fingerprint density at radius 2 is 1.80 bits per heavy atom. The molecular weight excluding hydrogens is 334 g/mol. The molecule has 0 aliphatic heterocycles. The number of aryl methyl sites for hydroxylation is 3. The van der Waals surface area contributed by atoms with Crippen molar-refractivity contribution in [3.63, 3.8) is 0 Å². The van der Waals surface area contributed by atoms with E-state index in [0.717, 1.165) is 46.3 Å². The molecule has 132 valence electrons. The van der Waals surface area contributed by atoms with E-state index in [1.54, 1.807) is 25.6 Å². The van der Waals surface area contributed by atoms with E-state index in [0.29, 0.717) is 0 Å². The summed E-state index contributed by atoms with van der Waals surface area (Å²) >= 11 is 1.72. The Balaban J connectivity index is 1.77. The first-order valence-corrected chi connectivity index (χ1v) is 9.04. The number of fused-ring (bicyclic) bond motifs is 1. The quantitative estimate of drug-likeness (QED) is 0.713. The van der Waals surface area contributed by atoms with E-state index in [1.807, 2.05) is 19.1 Å². The number of nitrogens with one attached hydrogen (secondary N) is 1. The molecule has 0 aliphatic carbocycles. The SMILES string of the molecule is COc1ccc(CCNc2nc(C)nc3sc(C)c(C)c23)cc1OC. The summed E-state index contributed by atoms with van der Waals surface area (Å²) in [6.07, 6.45) is 0.868. The van der Waals surface area contributed by atoms with Gasteiger partial charge in [0.1, 0.15) is 16.5 Å². The van der Waals surface area contributed by atoms with Crippen LogP contribution < -0.4 is 14.8 Å². The molecule has 0 atom stereocenters. The smallest absolute Gasteiger partial charge is 0.160 e. The molecule has 0 radical (unpaired) electrons. The summed E-state index contributed by atoms with van der Waals surface area (Å²) < 4.78 is 10.7. The van der Waals surface area contributed by atoms with E-state index in [1.165, 1.54) is 16.0 Å². The largest absolute Gasteiger partial charge is 0.493 e. The summed E-state index contributed by atoms with van der Waals surface area (Å²) in [6, 6.07) is 6.01. The molecule has 2 heterocycles. The van der Waals surface area contributed by atoms with Gasteiger partial charge in [0.2, 0.25) is 0 Å². The van der Waals surface area contributed by atoms with Gasteiger partial charge in [0.25, 0.3) is 0 Å². The molecule has 2 aromatic heterocycles. The maximum Gasteiger partial charge on any atom is 0.160 e. The van der Waals surface area contributed by atoms with Gasteiger partial charge in [-0.2, -0.15) is 0 Å². The van der Waals surface area contributed by atoms with E-state index < -0.39 is 0 Å². The lowest BCUT2D eigenvalue weighted by Gasteiger charge is -2.11. The lowest BCUT2D eigenvalue weighted by atomic mass is 10.1. The van der Waals surface area contributed by atoms with Crippen molar-refractivity contribution in [1.82, 2.24) is 9.97 Å². The first-order valence-electron chi connectivity index (χ1n) is 8.22. The van der Waals surface area contributed by atoms with Gasteiger partial charge in [0.15, 0.2) is 11.5 Å². The average Bonchev–Trinajstić information content (AvgIpc) is 2.88. The van der Waals surface area contributed by atoms with Crippen molar-refractivity contribution in [1.29, 1.82) is 0 Å². The number of thiophene rings is 1. The number of hydrogen-bond acceptors (Lipinski definition) is 6. The molecule has 0 fully saturated rings. The van der Waals surface area contributed by atoms with Gasteiger partial charge in [0, 0.05) is 11.4 Å². The minimum Gasteiger partial charge on any atom is -0.493 e. The van der Waals surface area contributed by atoms with Gasteiger partial charge >= 0.3 is 0 Å². The number of anilines is 1. The van der Waals surface area contributed by atoms with Gasteiger partial charge < -0.3 is 14.8 Å². The highest BCUT2D eigenvalue weighted by Gasteiger charge is 2.13. The van der Waals surface area contributed by atoms with Gasteiger partial charge in [-0.3, -0.25) is 0 Å². The lowest BCUT2D eigenvalue weighted by molar-refractivity contribution is 0.354. The molecule has 0 saturated heterocycles. The zero-order valence-corrected chi connectivity index (χ0v) is 16.1. The van der Waals surface area contributed by atoms with Crippen LogP contribution in [0, 0.1) is 20.8 Å². The molecule has 0 spiro atoms. The second-order valence-corrected chi connectivity index (χ2v) is 7.15. The van der Waals surface area contributed by atoms with Gasteiger partial charge in [-0.25, -0.2) is 9.97 Å². The molecule has 0 amide bonds. The van der Waals surface area contributed by atoms with Gasteiger partial charge in [0.05, 0.1) is 19.6 Å². The minimum absolute atomic E-state index is 0.747. The Hall–Kier alpha value is -2.34. The number of nitrogens with zero attached hydrogens (tertiary/aromatic N) is 2. The molecule has 25 heavy (non-hydrogen) atoms. The summed E-state index contributed by atoms with van der Waals surface area (Å²) in [4.78, 5) is 11.5. The van der Waals surface area contributed by atoms with Crippen LogP contribution in [0.1, 0.15) is 21.8 Å². The van der Waals surface area contributed by atoms with Crippen LogP contribution in [0.3, 0.4) is 0 Å². The minimum atomic E-state index is 0.747. The summed E-state index contributed by atoms with van der Waals surface area (Å²) in [5.41, 5.74) is 2.44. The van der Waals surface area contributed by atoms with Crippen molar-refractivity contribution in [3.05, 3.63) is 40.0 Å². The number of ether oxygens (including phenoxy) is 2. The Morgan fingerprint density at radius 3 is 2.52 bits per heavy atom. The fraction of sp³-hybridized carbons (Fsp3) is 0.368. The molecule has 5 nitrogen and oxygen atoms in total. The van der Waals surface area contributed by atoms with E-state index in [4.69, 9.17) is 9.47 Å². The van der Waals surface area contributed by atoms with E-state index in [9.17, 15) is 0 Å². The van der Waals surface area contributed by atoms with Crippen molar-refractivity contribution in [2.24, 2.45) is 0 Å². The standard InChI is InChI=1S/C19H23N3O2S/c1-11-12(2)25-19-17(11)18(21-13(3)22-19)20-9-8-14-6-7-15(23-4)16(10-14)24-5/h6-7,10H,8-9H2,1-5H3,(H,20,21,22). The first kappa shape index (κ1) is 17.5. The highest BCUT2D eigenvalue weighted by Crippen LogP contribution is 2.33. The summed E-state index contributed by atoms with van der Waals surface area (Å²) in [5, 5.41) is 4.62. The van der Waals surface area contributed by atoms with Crippen LogP contribution in [0.25, 0.3) is 10.2 Å². The van der Waals surface area contributed by atoms with Crippen LogP contribution >= 0.6 is 11.3 Å². The Labute approximate surface area is 152 Å². The lowest BCUT2D eigenvalue weighted by Crippen LogP contribution is -2.08. The van der Waals surface area contributed by atoms with Crippen molar-refractivity contribution >= 4 is 27.4 Å². The number of hydrogen-bond donors (Lipinski definition) is 1. The normalized spacial score (nSPS) is 10.9. The predicted molar refractivity (Wildman–Crippen MR) is 103 cm³/mol. The number of rotatable bonds is 6. The molecule has 0 aliphatic rings. The highest BCUT2D eigenvalue weighted by molar-refractivity contribution is 7.18. The number of methoxy groups -OCH3 is 2. The van der Waals surface area contributed by atoms with Crippen molar-refractivity contribution in [2.45, 2.75) is 27.2 Å². The van der Waals surface area contributed by atoms with Crippen molar-refractivity contribution < 1.29 is 9.47 Å². The maximum atomic E-state index is 5.37. The number of benzene rings is 1. The van der Waals surface area contributed by atoms with Crippen LogP contribution in [0.5, 0.6) is 11.5 Å². The molecule has 3 aromatic rings. The molecule has 1 N–H and O–H groups in total. The Bertz CT molecular complexity index is 905. The monoisotopic (exact) mass is 357 g/mol. The van der Waals surface area contributed by atoms with Crippen LogP contribution in [0.2, 0.25) is 0 Å². The van der Waals surface area contributed by atoms with E-state index >= 15 is 0 Å². The zero-order chi connectivity index (χ0) is 18.0. The van der Waals surface area contributed by atoms with Gasteiger partial charge in [-0.1, -0.05) is 6.07 Å². The fourth-order valence-corrected chi connectivity index (χ4v) is 3.92. The topological polar surface area (TPSA) is 56.3 Å². The Kier molecular flexibility index (Phi) is 5.08. The molecule has 3 rings (SSSR count). The molecule has 1 aromatic carbocycles. The van der Waals surface area contributed by atoms with E-state index in [-0.39, 0.29) is 0 Å². The maximum absolute atomic E-state index is 5.37. The zero-order valence-electron chi connectivity index (χ0n) is 15.3. The molecule has 0 unspecified atom stereocenters. The van der Waals surface area contributed by atoms with Crippen molar-refractivity contribution in [3.8, 4) is 11.5 Å². The summed E-state index contributed by atoms with van der Waals surface area (Å²) in [7, 11) is 3.30.